The van der Waals surface area contributed by atoms with E-state index in [0.717, 1.165) is 21.1 Å². The first-order chi connectivity index (χ1) is 10.2. The van der Waals surface area contributed by atoms with E-state index in [9.17, 15) is 8.42 Å². The molecule has 0 spiro atoms. The summed E-state index contributed by atoms with van der Waals surface area (Å²) in [5.41, 5.74) is 1.77. The van der Waals surface area contributed by atoms with Crippen LogP contribution in [0.25, 0.3) is 10.9 Å². The predicted octanol–water partition coefficient (Wildman–Crippen LogP) is 2.79. The number of H-pyrrole nitrogens is 1. The molecule has 0 amide bonds. The van der Waals surface area contributed by atoms with Gasteiger partial charge in [-0.2, -0.15) is 4.31 Å². The van der Waals surface area contributed by atoms with Gasteiger partial charge in [-0.15, -0.1) is 0 Å². The van der Waals surface area contributed by atoms with Crippen LogP contribution in [0.3, 0.4) is 0 Å². The van der Waals surface area contributed by atoms with Gasteiger partial charge in [0.05, 0.1) is 6.26 Å². The van der Waals surface area contributed by atoms with E-state index in [1.165, 1.54) is 6.26 Å². The Kier molecular flexibility index (Phi) is 3.78. The van der Waals surface area contributed by atoms with Gasteiger partial charge < -0.3 is 9.88 Å². The number of fused-ring (bicyclic) bond motifs is 1. The number of piperazine rings is 1. The lowest BCUT2D eigenvalue weighted by Crippen LogP contribution is -2.60. The molecule has 2 heterocycles. The topological polar surface area (TPSA) is 56.4 Å². The minimum Gasteiger partial charge on any atom is -0.368 e. The number of sulfonamides is 1. The Morgan fingerprint density at radius 3 is 2.64 bits per heavy atom. The fourth-order valence-corrected chi connectivity index (χ4v) is 5.15. The first-order valence-electron chi connectivity index (χ1n) is 7.18. The predicted molar refractivity (Wildman–Crippen MR) is 93.8 cm³/mol. The van der Waals surface area contributed by atoms with Crippen LogP contribution in [0.15, 0.2) is 28.9 Å². The van der Waals surface area contributed by atoms with Crippen LogP contribution in [-0.4, -0.2) is 49.1 Å². The van der Waals surface area contributed by atoms with Gasteiger partial charge in [-0.05, 0) is 32.0 Å². The SMILES string of the molecule is CC1(C)CN(c2cc(Br)cc3[nH]ccc23)CCN1S(C)(=O)=O. The molecular formula is C15H20BrN3O2S. The number of anilines is 1. The summed E-state index contributed by atoms with van der Waals surface area (Å²) in [5.74, 6) is 0. The number of hydrogen-bond acceptors (Lipinski definition) is 3. The molecule has 1 aliphatic heterocycles. The lowest BCUT2D eigenvalue weighted by atomic mass is 10.0. The van der Waals surface area contributed by atoms with Crippen molar-refractivity contribution in [3.8, 4) is 0 Å². The second kappa shape index (κ2) is 5.25. The number of hydrogen-bond donors (Lipinski definition) is 1. The number of nitrogens with zero attached hydrogens (tertiary/aromatic N) is 2. The minimum atomic E-state index is -3.19. The summed E-state index contributed by atoms with van der Waals surface area (Å²) in [4.78, 5) is 5.50. The molecule has 1 aliphatic rings. The molecule has 3 rings (SSSR count). The van der Waals surface area contributed by atoms with Gasteiger partial charge in [0, 0.05) is 52.4 Å². The molecule has 1 fully saturated rings. The number of nitrogens with one attached hydrogen (secondary N) is 1. The molecule has 2 aromatic rings. The van der Waals surface area contributed by atoms with Crippen LogP contribution < -0.4 is 4.90 Å². The Morgan fingerprint density at radius 2 is 2.00 bits per heavy atom. The van der Waals surface area contributed by atoms with Crippen molar-refractivity contribution in [3.63, 3.8) is 0 Å². The molecular weight excluding hydrogens is 366 g/mol. The number of benzene rings is 1. The van der Waals surface area contributed by atoms with Crippen LogP contribution in [-0.2, 0) is 10.0 Å². The van der Waals surface area contributed by atoms with Crippen molar-refractivity contribution in [2.45, 2.75) is 19.4 Å². The Hall–Kier alpha value is -1.05. The third kappa shape index (κ3) is 2.77. The molecule has 0 aliphatic carbocycles. The summed E-state index contributed by atoms with van der Waals surface area (Å²) >= 11 is 3.55. The van der Waals surface area contributed by atoms with Gasteiger partial charge in [0.1, 0.15) is 0 Å². The third-order valence-electron chi connectivity index (χ3n) is 4.18. The van der Waals surface area contributed by atoms with E-state index >= 15 is 0 Å². The molecule has 0 radical (unpaired) electrons. The van der Waals surface area contributed by atoms with Crippen molar-refractivity contribution in [2.24, 2.45) is 0 Å². The third-order valence-corrected chi connectivity index (χ3v) is 6.11. The first kappa shape index (κ1) is 15.8. The molecule has 1 saturated heterocycles. The highest BCUT2D eigenvalue weighted by molar-refractivity contribution is 9.10. The average Bonchev–Trinajstić information content (AvgIpc) is 2.82. The summed E-state index contributed by atoms with van der Waals surface area (Å²) < 4.78 is 26.5. The van der Waals surface area contributed by atoms with E-state index < -0.39 is 15.6 Å². The molecule has 7 heteroatoms. The van der Waals surface area contributed by atoms with E-state index in [0.29, 0.717) is 19.6 Å². The zero-order chi connectivity index (χ0) is 16.1. The monoisotopic (exact) mass is 385 g/mol. The van der Waals surface area contributed by atoms with E-state index in [1.807, 2.05) is 20.0 Å². The summed E-state index contributed by atoms with van der Waals surface area (Å²) in [6.07, 6.45) is 3.21. The highest BCUT2D eigenvalue weighted by Crippen LogP contribution is 2.34. The van der Waals surface area contributed by atoms with Crippen molar-refractivity contribution < 1.29 is 8.42 Å². The summed E-state index contributed by atoms with van der Waals surface area (Å²) in [6.45, 7) is 5.81. The summed E-state index contributed by atoms with van der Waals surface area (Å²) in [7, 11) is -3.19. The summed E-state index contributed by atoms with van der Waals surface area (Å²) in [5, 5.41) is 1.16. The lowest BCUT2D eigenvalue weighted by molar-refractivity contribution is 0.206. The van der Waals surface area contributed by atoms with Crippen molar-refractivity contribution in [1.82, 2.24) is 9.29 Å². The molecule has 5 nitrogen and oxygen atoms in total. The fourth-order valence-electron chi connectivity index (χ4n) is 3.33. The van der Waals surface area contributed by atoms with Crippen molar-refractivity contribution in [2.75, 3.05) is 30.8 Å². The molecule has 1 aromatic carbocycles. The van der Waals surface area contributed by atoms with Crippen LogP contribution in [0.5, 0.6) is 0 Å². The van der Waals surface area contributed by atoms with Crippen molar-refractivity contribution in [1.29, 1.82) is 0 Å². The Labute approximate surface area is 139 Å². The number of aromatic amines is 1. The largest absolute Gasteiger partial charge is 0.368 e. The van der Waals surface area contributed by atoms with Gasteiger partial charge in [0.15, 0.2) is 0 Å². The zero-order valence-corrected chi connectivity index (χ0v) is 15.3. The molecule has 0 bridgehead atoms. The van der Waals surface area contributed by atoms with Gasteiger partial charge >= 0.3 is 0 Å². The van der Waals surface area contributed by atoms with E-state index in [1.54, 1.807) is 4.31 Å². The second-order valence-electron chi connectivity index (χ2n) is 6.43. The average molecular weight is 386 g/mol. The maximum Gasteiger partial charge on any atom is 0.211 e. The van der Waals surface area contributed by atoms with Crippen molar-refractivity contribution in [3.05, 3.63) is 28.9 Å². The normalized spacial score (nSPS) is 19.7. The molecule has 1 aromatic heterocycles. The quantitative estimate of drug-likeness (QED) is 0.864. The van der Waals surface area contributed by atoms with Crippen LogP contribution in [0.1, 0.15) is 13.8 Å². The number of halogens is 1. The molecule has 0 saturated carbocycles. The van der Waals surface area contributed by atoms with Gasteiger partial charge in [0.2, 0.25) is 10.0 Å². The highest BCUT2D eigenvalue weighted by atomic mass is 79.9. The van der Waals surface area contributed by atoms with E-state index in [2.05, 4.69) is 44.0 Å². The zero-order valence-electron chi connectivity index (χ0n) is 12.9. The van der Waals surface area contributed by atoms with E-state index in [-0.39, 0.29) is 0 Å². The first-order valence-corrected chi connectivity index (χ1v) is 9.82. The van der Waals surface area contributed by atoms with Crippen LogP contribution in [0.2, 0.25) is 0 Å². The second-order valence-corrected chi connectivity index (χ2v) is 9.26. The Balaban J connectivity index is 1.99. The van der Waals surface area contributed by atoms with Crippen LogP contribution in [0.4, 0.5) is 5.69 Å². The van der Waals surface area contributed by atoms with Crippen LogP contribution >= 0.6 is 15.9 Å². The highest BCUT2D eigenvalue weighted by Gasteiger charge is 2.39. The Morgan fingerprint density at radius 1 is 1.27 bits per heavy atom. The van der Waals surface area contributed by atoms with Gasteiger partial charge in [-0.1, -0.05) is 15.9 Å². The molecule has 120 valence electrons. The minimum absolute atomic E-state index is 0.434. The maximum absolute atomic E-state index is 12.0. The Bertz CT molecular complexity index is 813. The number of aromatic nitrogens is 1. The molecule has 0 atom stereocenters. The standard InChI is InChI=1S/C15H20BrN3O2S/c1-15(2)10-18(6-7-19(15)22(3,20)21)14-9-11(16)8-13-12(14)4-5-17-13/h4-5,8-9,17H,6-7,10H2,1-3H3. The van der Waals surface area contributed by atoms with Crippen molar-refractivity contribution >= 4 is 42.5 Å². The maximum atomic E-state index is 12.0. The molecule has 0 unspecified atom stereocenters. The van der Waals surface area contributed by atoms with Gasteiger partial charge in [-0.25, -0.2) is 8.42 Å². The molecule has 1 N–H and O–H groups in total. The van der Waals surface area contributed by atoms with Gasteiger partial charge in [0.25, 0.3) is 0 Å². The lowest BCUT2D eigenvalue weighted by Gasteiger charge is -2.46. The van der Waals surface area contributed by atoms with Crippen LogP contribution in [0, 0.1) is 0 Å². The number of rotatable bonds is 2. The van der Waals surface area contributed by atoms with E-state index in [4.69, 9.17) is 0 Å². The fraction of sp³-hybridized carbons (Fsp3) is 0.467. The smallest absolute Gasteiger partial charge is 0.211 e. The summed E-state index contributed by atoms with van der Waals surface area (Å²) in [6, 6.07) is 6.21. The molecule has 22 heavy (non-hydrogen) atoms. The van der Waals surface area contributed by atoms with Gasteiger partial charge in [-0.3, -0.25) is 0 Å².